The number of amides is 1. The van der Waals surface area contributed by atoms with Crippen LogP contribution in [0.3, 0.4) is 0 Å². The molecular formula is C13H25N3O. The van der Waals surface area contributed by atoms with Crippen LogP contribution in [0.4, 0.5) is 0 Å². The van der Waals surface area contributed by atoms with Gasteiger partial charge in [0.15, 0.2) is 0 Å². The molecule has 1 saturated heterocycles. The highest BCUT2D eigenvalue weighted by atomic mass is 16.1. The van der Waals surface area contributed by atoms with E-state index < -0.39 is 0 Å². The van der Waals surface area contributed by atoms with Crippen molar-refractivity contribution in [1.82, 2.24) is 10.2 Å². The van der Waals surface area contributed by atoms with Gasteiger partial charge in [-0.15, -0.1) is 0 Å². The molecule has 2 rings (SSSR count). The van der Waals surface area contributed by atoms with Crippen LogP contribution in [-0.2, 0) is 4.79 Å². The van der Waals surface area contributed by atoms with E-state index in [2.05, 4.69) is 17.3 Å². The number of carbonyl (C=O) groups excluding carboxylic acids is 1. The number of hydrogen-bond donors (Lipinski definition) is 2. The Labute approximate surface area is 104 Å². The molecule has 1 aliphatic heterocycles. The van der Waals surface area contributed by atoms with Gasteiger partial charge in [-0.2, -0.15) is 0 Å². The molecule has 98 valence electrons. The molecule has 3 N–H and O–H groups in total. The predicted molar refractivity (Wildman–Crippen MR) is 68.6 cm³/mol. The molecule has 0 radical (unpaired) electrons. The van der Waals surface area contributed by atoms with E-state index in [4.69, 9.17) is 5.73 Å². The van der Waals surface area contributed by atoms with E-state index in [-0.39, 0.29) is 5.91 Å². The second-order valence-corrected chi connectivity index (χ2v) is 5.58. The Kier molecular flexibility index (Phi) is 4.40. The molecule has 4 heteroatoms. The van der Waals surface area contributed by atoms with Crippen LogP contribution in [0.2, 0.25) is 0 Å². The van der Waals surface area contributed by atoms with Gasteiger partial charge in [-0.05, 0) is 45.6 Å². The lowest BCUT2D eigenvalue weighted by Gasteiger charge is -2.38. The normalized spacial score (nSPS) is 35.5. The highest BCUT2D eigenvalue weighted by Gasteiger charge is 2.28. The van der Waals surface area contributed by atoms with Crippen LogP contribution in [0.5, 0.6) is 0 Å². The molecule has 1 unspecified atom stereocenters. The lowest BCUT2D eigenvalue weighted by Crippen LogP contribution is -2.44. The van der Waals surface area contributed by atoms with Gasteiger partial charge in [0.2, 0.25) is 5.91 Å². The van der Waals surface area contributed by atoms with Gasteiger partial charge >= 0.3 is 0 Å². The van der Waals surface area contributed by atoms with Crippen LogP contribution in [0.25, 0.3) is 0 Å². The minimum Gasteiger partial charge on any atom is -0.356 e. The van der Waals surface area contributed by atoms with E-state index in [1.54, 1.807) is 0 Å². The van der Waals surface area contributed by atoms with Crippen molar-refractivity contribution in [3.8, 4) is 0 Å². The van der Waals surface area contributed by atoms with E-state index in [1.165, 1.54) is 12.8 Å². The highest BCUT2D eigenvalue weighted by molar-refractivity contribution is 5.76. The van der Waals surface area contributed by atoms with Crippen LogP contribution in [0, 0.1) is 0 Å². The highest BCUT2D eigenvalue weighted by Crippen LogP contribution is 2.25. The van der Waals surface area contributed by atoms with E-state index in [0.717, 1.165) is 32.2 Å². The Bertz CT molecular complexity index is 261. The number of nitrogens with zero attached hydrogens (tertiary/aromatic N) is 1. The third-order valence-corrected chi connectivity index (χ3v) is 4.35. The van der Waals surface area contributed by atoms with Crippen LogP contribution in [-0.4, -0.2) is 42.5 Å². The van der Waals surface area contributed by atoms with Crippen molar-refractivity contribution in [2.24, 2.45) is 5.73 Å². The summed E-state index contributed by atoms with van der Waals surface area (Å²) in [6, 6.07) is 1.46. The molecule has 0 spiro atoms. The third-order valence-electron chi connectivity index (χ3n) is 4.35. The summed E-state index contributed by atoms with van der Waals surface area (Å²) in [6.45, 7) is 0.846. The molecule has 1 aliphatic carbocycles. The van der Waals surface area contributed by atoms with Gasteiger partial charge in [0.05, 0.1) is 0 Å². The molecule has 1 atom stereocenters. The van der Waals surface area contributed by atoms with E-state index >= 15 is 0 Å². The molecule has 1 amide bonds. The minimum atomic E-state index is 0.215. The van der Waals surface area contributed by atoms with Gasteiger partial charge in [0, 0.05) is 31.1 Å². The lowest BCUT2D eigenvalue weighted by molar-refractivity contribution is -0.121. The molecule has 0 aromatic heterocycles. The van der Waals surface area contributed by atoms with Crippen molar-refractivity contribution in [2.75, 3.05) is 13.6 Å². The first-order chi connectivity index (χ1) is 8.16. The fourth-order valence-corrected chi connectivity index (χ4v) is 3.11. The summed E-state index contributed by atoms with van der Waals surface area (Å²) in [5.41, 5.74) is 5.94. The van der Waals surface area contributed by atoms with Gasteiger partial charge in [0.25, 0.3) is 0 Å². The Hall–Kier alpha value is -0.610. The second kappa shape index (κ2) is 5.83. The Balaban J connectivity index is 1.89. The summed E-state index contributed by atoms with van der Waals surface area (Å²) in [4.78, 5) is 14.0. The van der Waals surface area contributed by atoms with Crippen LogP contribution < -0.4 is 11.1 Å². The zero-order valence-electron chi connectivity index (χ0n) is 10.8. The number of nitrogens with two attached hydrogens (primary N) is 1. The van der Waals surface area contributed by atoms with E-state index in [9.17, 15) is 4.79 Å². The Morgan fingerprint density at radius 2 is 1.88 bits per heavy atom. The van der Waals surface area contributed by atoms with Gasteiger partial charge in [0.1, 0.15) is 0 Å². The predicted octanol–water partition coefficient (Wildman–Crippen LogP) is 0.857. The fraction of sp³-hybridized carbons (Fsp3) is 0.923. The molecule has 2 aliphatic rings. The number of rotatable bonds is 2. The van der Waals surface area contributed by atoms with E-state index in [1.807, 2.05) is 0 Å². The molecule has 4 nitrogen and oxygen atoms in total. The molecule has 1 saturated carbocycles. The molecule has 0 aromatic carbocycles. The topological polar surface area (TPSA) is 58.4 Å². The summed E-state index contributed by atoms with van der Waals surface area (Å²) in [5.74, 6) is 0.215. The maximum atomic E-state index is 11.6. The Morgan fingerprint density at radius 1 is 1.18 bits per heavy atom. The maximum Gasteiger partial charge on any atom is 0.221 e. The average molecular weight is 239 g/mol. The largest absolute Gasteiger partial charge is 0.356 e. The fourth-order valence-electron chi connectivity index (χ4n) is 3.11. The van der Waals surface area contributed by atoms with Crippen molar-refractivity contribution in [3.05, 3.63) is 0 Å². The van der Waals surface area contributed by atoms with Crippen molar-refractivity contribution < 1.29 is 4.79 Å². The first kappa shape index (κ1) is 12.8. The van der Waals surface area contributed by atoms with Crippen molar-refractivity contribution in [1.29, 1.82) is 0 Å². The number of hydrogen-bond acceptors (Lipinski definition) is 3. The summed E-state index contributed by atoms with van der Waals surface area (Å²) in [5, 5.41) is 2.95. The Morgan fingerprint density at radius 3 is 2.59 bits per heavy atom. The van der Waals surface area contributed by atoms with Gasteiger partial charge in [-0.25, -0.2) is 0 Å². The molecule has 0 aromatic rings. The van der Waals surface area contributed by atoms with E-state index in [0.29, 0.717) is 24.5 Å². The van der Waals surface area contributed by atoms with Gasteiger partial charge < -0.3 is 11.1 Å². The zero-order valence-corrected chi connectivity index (χ0v) is 10.8. The summed E-state index contributed by atoms with van der Waals surface area (Å²) >= 11 is 0. The SMILES string of the molecule is CN(C1CCC(N)CC1)C1CCCNC(=O)C1. The number of nitrogens with one attached hydrogen (secondary N) is 1. The van der Waals surface area contributed by atoms with Crippen molar-refractivity contribution >= 4 is 5.91 Å². The minimum absolute atomic E-state index is 0.215. The molecule has 1 heterocycles. The number of carbonyl (C=O) groups is 1. The van der Waals surface area contributed by atoms with Crippen LogP contribution in [0.15, 0.2) is 0 Å². The van der Waals surface area contributed by atoms with Crippen LogP contribution >= 0.6 is 0 Å². The first-order valence-corrected chi connectivity index (χ1v) is 6.91. The quantitative estimate of drug-likeness (QED) is 0.751. The summed E-state index contributed by atoms with van der Waals surface area (Å²) in [6.07, 6.45) is 7.55. The van der Waals surface area contributed by atoms with Crippen molar-refractivity contribution in [3.63, 3.8) is 0 Å². The van der Waals surface area contributed by atoms with Gasteiger partial charge in [-0.3, -0.25) is 9.69 Å². The lowest BCUT2D eigenvalue weighted by atomic mass is 9.89. The molecule has 0 bridgehead atoms. The standard InChI is InChI=1S/C13H25N3O/c1-16(11-6-4-10(14)5-7-11)12-3-2-8-15-13(17)9-12/h10-12H,2-9,14H2,1H3,(H,15,17). The smallest absolute Gasteiger partial charge is 0.221 e. The molecule has 2 fully saturated rings. The third kappa shape index (κ3) is 3.42. The monoisotopic (exact) mass is 239 g/mol. The average Bonchev–Trinajstić information content (AvgIpc) is 2.54. The molecule has 17 heavy (non-hydrogen) atoms. The zero-order chi connectivity index (χ0) is 12.3. The maximum absolute atomic E-state index is 11.6. The van der Waals surface area contributed by atoms with Crippen molar-refractivity contribution in [2.45, 2.75) is 63.1 Å². The van der Waals surface area contributed by atoms with Gasteiger partial charge in [-0.1, -0.05) is 0 Å². The second-order valence-electron chi connectivity index (χ2n) is 5.58. The summed E-state index contributed by atoms with van der Waals surface area (Å²) in [7, 11) is 2.19. The molecular weight excluding hydrogens is 214 g/mol. The first-order valence-electron chi connectivity index (χ1n) is 6.91. The summed E-state index contributed by atoms with van der Waals surface area (Å²) < 4.78 is 0. The van der Waals surface area contributed by atoms with Crippen LogP contribution in [0.1, 0.15) is 44.9 Å².